The van der Waals surface area contributed by atoms with Gasteiger partial charge in [0.1, 0.15) is 5.75 Å². The van der Waals surface area contributed by atoms with Crippen molar-refractivity contribution >= 4 is 11.6 Å². The smallest absolute Gasteiger partial charge is 0.231 e. The topological polar surface area (TPSA) is 38.3 Å². The van der Waals surface area contributed by atoms with Gasteiger partial charge in [-0.25, -0.2) is 0 Å². The molecule has 0 radical (unpaired) electrons. The molecule has 1 atom stereocenters. The van der Waals surface area contributed by atoms with Crippen molar-refractivity contribution in [3.8, 4) is 5.75 Å². The van der Waals surface area contributed by atoms with E-state index in [2.05, 4.69) is 43.4 Å². The van der Waals surface area contributed by atoms with Crippen LogP contribution in [-0.4, -0.2) is 12.5 Å². The molecule has 0 saturated carbocycles. The molecule has 0 aliphatic heterocycles. The van der Waals surface area contributed by atoms with Gasteiger partial charge < -0.3 is 10.1 Å². The third-order valence-corrected chi connectivity index (χ3v) is 3.95. The van der Waals surface area contributed by atoms with Crippen molar-refractivity contribution in [1.29, 1.82) is 0 Å². The van der Waals surface area contributed by atoms with Gasteiger partial charge in [-0.15, -0.1) is 0 Å². The number of benzene rings is 2. The summed E-state index contributed by atoms with van der Waals surface area (Å²) in [5.74, 6) is 1.25. The van der Waals surface area contributed by atoms with Gasteiger partial charge >= 0.3 is 0 Å². The molecule has 0 aromatic heterocycles. The standard InChI is InChI=1S/C21H27NO2/c1-5-24-20-12-10-19(11-13-20)22-21(23)16(4)18-8-6-17(7-9-18)14-15(2)3/h6-13,15-16H,5,14H2,1-4H3,(H,22,23). The first kappa shape index (κ1) is 18.1. The van der Waals surface area contributed by atoms with Crippen molar-refractivity contribution < 1.29 is 9.53 Å². The zero-order chi connectivity index (χ0) is 17.5. The molecule has 0 aliphatic rings. The zero-order valence-electron chi connectivity index (χ0n) is 15.0. The summed E-state index contributed by atoms with van der Waals surface area (Å²) in [7, 11) is 0. The van der Waals surface area contributed by atoms with Gasteiger partial charge in [-0.3, -0.25) is 4.79 Å². The number of amides is 1. The lowest BCUT2D eigenvalue weighted by Gasteiger charge is -2.14. The first-order valence-corrected chi connectivity index (χ1v) is 8.62. The molecule has 0 aliphatic carbocycles. The van der Waals surface area contributed by atoms with Crippen LogP contribution in [0, 0.1) is 5.92 Å². The van der Waals surface area contributed by atoms with Crippen LogP contribution in [0.4, 0.5) is 5.69 Å². The lowest BCUT2D eigenvalue weighted by molar-refractivity contribution is -0.117. The van der Waals surface area contributed by atoms with Crippen molar-refractivity contribution in [3.63, 3.8) is 0 Å². The monoisotopic (exact) mass is 325 g/mol. The molecule has 1 unspecified atom stereocenters. The second-order valence-electron chi connectivity index (χ2n) is 6.51. The van der Waals surface area contributed by atoms with Gasteiger partial charge in [-0.05, 0) is 61.6 Å². The first-order chi connectivity index (χ1) is 11.5. The second kappa shape index (κ2) is 8.53. The Morgan fingerprint density at radius 2 is 1.62 bits per heavy atom. The molecule has 2 aromatic carbocycles. The Balaban J connectivity index is 1.98. The predicted octanol–water partition coefficient (Wildman–Crippen LogP) is 5.03. The molecular weight excluding hydrogens is 298 g/mol. The van der Waals surface area contributed by atoms with Crippen molar-refractivity contribution in [3.05, 3.63) is 59.7 Å². The van der Waals surface area contributed by atoms with Gasteiger partial charge in [0.2, 0.25) is 5.91 Å². The summed E-state index contributed by atoms with van der Waals surface area (Å²) in [6.45, 7) is 8.93. The molecule has 3 nitrogen and oxygen atoms in total. The third-order valence-electron chi connectivity index (χ3n) is 3.95. The average Bonchev–Trinajstić information content (AvgIpc) is 2.56. The highest BCUT2D eigenvalue weighted by molar-refractivity contribution is 5.95. The van der Waals surface area contributed by atoms with Crippen molar-refractivity contribution in [2.24, 2.45) is 5.92 Å². The second-order valence-corrected chi connectivity index (χ2v) is 6.51. The highest BCUT2D eigenvalue weighted by Crippen LogP contribution is 2.21. The molecule has 3 heteroatoms. The van der Waals surface area contributed by atoms with Crippen LogP contribution in [0.3, 0.4) is 0 Å². The fourth-order valence-corrected chi connectivity index (χ4v) is 2.62. The molecule has 24 heavy (non-hydrogen) atoms. The Labute approximate surface area is 145 Å². The minimum absolute atomic E-state index is 0.00392. The van der Waals surface area contributed by atoms with Crippen LogP contribution in [-0.2, 0) is 11.2 Å². The maximum atomic E-state index is 12.4. The van der Waals surface area contributed by atoms with E-state index in [9.17, 15) is 4.79 Å². The minimum Gasteiger partial charge on any atom is -0.494 e. The van der Waals surface area contributed by atoms with Crippen molar-refractivity contribution in [1.82, 2.24) is 0 Å². The zero-order valence-corrected chi connectivity index (χ0v) is 15.0. The van der Waals surface area contributed by atoms with Gasteiger partial charge in [0.05, 0.1) is 12.5 Å². The Hall–Kier alpha value is -2.29. The van der Waals surface area contributed by atoms with E-state index in [1.165, 1.54) is 5.56 Å². The summed E-state index contributed by atoms with van der Waals surface area (Å²) in [6, 6.07) is 15.8. The molecule has 2 aromatic rings. The van der Waals surface area contributed by atoms with Gasteiger partial charge in [0.15, 0.2) is 0 Å². The molecule has 0 heterocycles. The number of carbonyl (C=O) groups is 1. The number of hydrogen-bond donors (Lipinski definition) is 1. The number of nitrogens with one attached hydrogen (secondary N) is 1. The normalized spacial score (nSPS) is 12.0. The van der Waals surface area contributed by atoms with E-state index in [1.54, 1.807) is 0 Å². The summed E-state index contributed by atoms with van der Waals surface area (Å²) >= 11 is 0. The van der Waals surface area contributed by atoms with Crippen LogP contribution in [0.5, 0.6) is 5.75 Å². The quantitative estimate of drug-likeness (QED) is 0.775. The van der Waals surface area contributed by atoms with E-state index in [1.807, 2.05) is 38.1 Å². The SMILES string of the molecule is CCOc1ccc(NC(=O)C(C)c2ccc(CC(C)C)cc2)cc1. The summed E-state index contributed by atoms with van der Waals surface area (Å²) in [5, 5.41) is 2.96. The molecule has 1 amide bonds. The van der Waals surface area contributed by atoms with Gasteiger partial charge in [0, 0.05) is 5.69 Å². The van der Waals surface area contributed by atoms with E-state index in [0.29, 0.717) is 12.5 Å². The van der Waals surface area contributed by atoms with Crippen LogP contribution >= 0.6 is 0 Å². The summed E-state index contributed by atoms with van der Waals surface area (Å²) in [6.07, 6.45) is 1.06. The molecule has 1 N–H and O–H groups in total. The van der Waals surface area contributed by atoms with Crippen LogP contribution in [0.15, 0.2) is 48.5 Å². The number of anilines is 1. The highest BCUT2D eigenvalue weighted by Gasteiger charge is 2.15. The Morgan fingerprint density at radius 1 is 1.00 bits per heavy atom. The minimum atomic E-state index is -0.190. The maximum absolute atomic E-state index is 12.4. The van der Waals surface area contributed by atoms with Crippen molar-refractivity contribution in [2.45, 2.75) is 40.0 Å². The molecule has 0 saturated heterocycles. The average molecular weight is 325 g/mol. The Bertz CT molecular complexity index is 645. The molecule has 2 rings (SSSR count). The van der Waals surface area contributed by atoms with E-state index in [0.717, 1.165) is 23.4 Å². The lowest BCUT2D eigenvalue weighted by atomic mass is 9.96. The van der Waals surface area contributed by atoms with E-state index >= 15 is 0 Å². The van der Waals surface area contributed by atoms with Crippen LogP contribution in [0.1, 0.15) is 44.7 Å². The summed E-state index contributed by atoms with van der Waals surface area (Å²) < 4.78 is 5.41. The molecule has 128 valence electrons. The number of hydrogen-bond acceptors (Lipinski definition) is 2. The third kappa shape index (κ3) is 5.12. The maximum Gasteiger partial charge on any atom is 0.231 e. The number of ether oxygens (including phenoxy) is 1. The first-order valence-electron chi connectivity index (χ1n) is 8.62. The molecule has 0 fully saturated rings. The molecule has 0 bridgehead atoms. The largest absolute Gasteiger partial charge is 0.494 e. The van der Waals surface area contributed by atoms with Crippen LogP contribution in [0.25, 0.3) is 0 Å². The van der Waals surface area contributed by atoms with Gasteiger partial charge in [0.25, 0.3) is 0 Å². The summed E-state index contributed by atoms with van der Waals surface area (Å²) in [5.41, 5.74) is 3.13. The number of carbonyl (C=O) groups excluding carboxylic acids is 1. The van der Waals surface area contributed by atoms with E-state index in [-0.39, 0.29) is 11.8 Å². The predicted molar refractivity (Wildman–Crippen MR) is 99.6 cm³/mol. The van der Waals surface area contributed by atoms with Gasteiger partial charge in [-0.1, -0.05) is 38.1 Å². The Morgan fingerprint density at radius 3 is 2.17 bits per heavy atom. The Kier molecular flexibility index (Phi) is 6.42. The molecule has 0 spiro atoms. The van der Waals surface area contributed by atoms with Crippen LogP contribution < -0.4 is 10.1 Å². The van der Waals surface area contributed by atoms with Crippen LogP contribution in [0.2, 0.25) is 0 Å². The lowest BCUT2D eigenvalue weighted by Crippen LogP contribution is -2.18. The van der Waals surface area contributed by atoms with E-state index < -0.39 is 0 Å². The fraction of sp³-hybridized carbons (Fsp3) is 0.381. The highest BCUT2D eigenvalue weighted by atomic mass is 16.5. The van der Waals surface area contributed by atoms with Gasteiger partial charge in [-0.2, -0.15) is 0 Å². The van der Waals surface area contributed by atoms with Crippen molar-refractivity contribution in [2.75, 3.05) is 11.9 Å². The fourth-order valence-electron chi connectivity index (χ4n) is 2.62. The number of rotatable bonds is 7. The summed E-state index contributed by atoms with van der Waals surface area (Å²) in [4.78, 5) is 12.4. The molecular formula is C21H27NO2. The van der Waals surface area contributed by atoms with E-state index in [4.69, 9.17) is 4.74 Å².